The lowest BCUT2D eigenvalue weighted by Crippen LogP contribution is -2.14. The summed E-state index contributed by atoms with van der Waals surface area (Å²) in [4.78, 5) is 22.6. The Hall–Kier alpha value is -1.95. The number of hydrogen-bond donors (Lipinski definition) is 0. The quantitative estimate of drug-likeness (QED) is 0.764. The Bertz CT molecular complexity index is 644. The first-order valence-electron chi connectivity index (χ1n) is 6.45. The lowest BCUT2D eigenvalue weighted by molar-refractivity contribution is -0.143. The summed E-state index contributed by atoms with van der Waals surface area (Å²) < 4.78 is 14.8. The van der Waals surface area contributed by atoms with Crippen LogP contribution in [0.5, 0.6) is 0 Å². The third-order valence-electron chi connectivity index (χ3n) is 2.89. The smallest absolute Gasteiger partial charge is 0.469 e. The van der Waals surface area contributed by atoms with Crippen molar-refractivity contribution >= 4 is 17.7 Å². The molecule has 0 bridgehead atoms. The molecule has 0 fully saturated rings. The Morgan fingerprint density at radius 1 is 1.29 bits per heavy atom. The number of thioether (sulfide) groups is 1. The number of methoxy groups -OCH3 is 1. The first-order valence-corrected chi connectivity index (χ1v) is 7.61. The fourth-order valence-corrected chi connectivity index (χ4v) is 2.79. The third kappa shape index (κ3) is 4.01. The lowest BCUT2D eigenvalue weighted by Gasteiger charge is -2.07. The SMILES string of the molecule is COC(=O)C(C)CSCc1oc(=O)oc1-c1ccccc1. The van der Waals surface area contributed by atoms with Gasteiger partial charge >= 0.3 is 11.8 Å². The first kappa shape index (κ1) is 15.4. The van der Waals surface area contributed by atoms with Crippen molar-refractivity contribution in [2.45, 2.75) is 12.7 Å². The molecule has 1 aromatic carbocycles. The van der Waals surface area contributed by atoms with E-state index in [4.69, 9.17) is 8.83 Å². The zero-order chi connectivity index (χ0) is 15.2. The molecule has 1 aromatic heterocycles. The number of benzene rings is 1. The molecule has 0 aliphatic rings. The fourth-order valence-electron chi connectivity index (χ4n) is 1.81. The Morgan fingerprint density at radius 2 is 2.00 bits per heavy atom. The van der Waals surface area contributed by atoms with Gasteiger partial charge in [0.2, 0.25) is 0 Å². The Balaban J connectivity index is 2.05. The van der Waals surface area contributed by atoms with Crippen LogP contribution in [-0.2, 0) is 15.3 Å². The molecule has 5 nitrogen and oxygen atoms in total. The Labute approximate surface area is 126 Å². The molecule has 0 aliphatic carbocycles. The second-order valence-electron chi connectivity index (χ2n) is 4.51. The molecule has 112 valence electrons. The average molecular weight is 308 g/mol. The van der Waals surface area contributed by atoms with E-state index in [2.05, 4.69) is 4.74 Å². The second-order valence-corrected chi connectivity index (χ2v) is 5.54. The first-order chi connectivity index (χ1) is 10.1. The van der Waals surface area contributed by atoms with Crippen LogP contribution in [0.3, 0.4) is 0 Å². The van der Waals surface area contributed by atoms with E-state index >= 15 is 0 Å². The number of carbonyl (C=O) groups is 1. The molecule has 0 saturated carbocycles. The summed E-state index contributed by atoms with van der Waals surface area (Å²) in [5, 5.41) is 0. The van der Waals surface area contributed by atoms with Gasteiger partial charge in [-0.3, -0.25) is 4.79 Å². The Morgan fingerprint density at radius 3 is 2.67 bits per heavy atom. The van der Waals surface area contributed by atoms with Crippen LogP contribution < -0.4 is 5.82 Å². The maximum atomic E-state index is 11.3. The number of hydrogen-bond acceptors (Lipinski definition) is 6. The van der Waals surface area contributed by atoms with Crippen LogP contribution in [0.4, 0.5) is 0 Å². The monoisotopic (exact) mass is 308 g/mol. The summed E-state index contributed by atoms with van der Waals surface area (Å²) >= 11 is 1.49. The van der Waals surface area contributed by atoms with Crippen molar-refractivity contribution in [3.63, 3.8) is 0 Å². The van der Waals surface area contributed by atoms with Crippen LogP contribution in [0.15, 0.2) is 44.0 Å². The lowest BCUT2D eigenvalue weighted by atomic mass is 10.1. The van der Waals surface area contributed by atoms with Crippen molar-refractivity contribution in [1.82, 2.24) is 0 Å². The number of rotatable bonds is 6. The minimum atomic E-state index is -0.717. The van der Waals surface area contributed by atoms with E-state index in [1.165, 1.54) is 18.9 Å². The van der Waals surface area contributed by atoms with E-state index in [0.717, 1.165) is 5.56 Å². The molecular formula is C15H16O5S. The summed E-state index contributed by atoms with van der Waals surface area (Å²) in [6.07, 6.45) is 0. The van der Waals surface area contributed by atoms with Gasteiger partial charge in [0.25, 0.3) is 0 Å². The van der Waals surface area contributed by atoms with Gasteiger partial charge in [0.15, 0.2) is 11.5 Å². The molecule has 1 heterocycles. The van der Waals surface area contributed by atoms with Crippen LogP contribution in [0.25, 0.3) is 11.3 Å². The molecule has 0 amide bonds. The molecule has 2 aromatic rings. The highest BCUT2D eigenvalue weighted by molar-refractivity contribution is 7.98. The van der Waals surface area contributed by atoms with Gasteiger partial charge in [-0.05, 0) is 0 Å². The van der Waals surface area contributed by atoms with E-state index in [9.17, 15) is 9.59 Å². The average Bonchev–Trinajstić information content (AvgIpc) is 2.88. The molecule has 6 heteroatoms. The molecule has 0 aliphatic heterocycles. The number of ether oxygens (including phenoxy) is 1. The number of carbonyl (C=O) groups excluding carboxylic acids is 1. The Kier molecular flexibility index (Phi) is 5.27. The van der Waals surface area contributed by atoms with Crippen LogP contribution in [0, 0.1) is 5.92 Å². The number of esters is 1. The summed E-state index contributed by atoms with van der Waals surface area (Å²) in [6, 6.07) is 9.30. The predicted molar refractivity (Wildman–Crippen MR) is 80.0 cm³/mol. The molecule has 1 unspecified atom stereocenters. The van der Waals surface area contributed by atoms with Gasteiger partial charge in [0.05, 0.1) is 18.8 Å². The highest BCUT2D eigenvalue weighted by atomic mass is 32.2. The van der Waals surface area contributed by atoms with Gasteiger partial charge in [-0.2, -0.15) is 11.8 Å². The zero-order valence-electron chi connectivity index (χ0n) is 11.8. The largest absolute Gasteiger partial charge is 0.519 e. The van der Waals surface area contributed by atoms with Crippen LogP contribution in [-0.4, -0.2) is 18.8 Å². The topological polar surface area (TPSA) is 69.7 Å². The predicted octanol–water partition coefficient (Wildman–Crippen LogP) is 2.94. The highest BCUT2D eigenvalue weighted by Crippen LogP contribution is 2.26. The zero-order valence-corrected chi connectivity index (χ0v) is 12.6. The molecule has 0 saturated heterocycles. The summed E-state index contributed by atoms with van der Waals surface area (Å²) in [5.41, 5.74) is 0.792. The highest BCUT2D eigenvalue weighted by Gasteiger charge is 2.17. The van der Waals surface area contributed by atoms with Crippen LogP contribution in [0.1, 0.15) is 12.7 Å². The molecule has 0 spiro atoms. The van der Waals surface area contributed by atoms with Crippen molar-refractivity contribution in [3.05, 3.63) is 46.7 Å². The van der Waals surface area contributed by atoms with Crippen molar-refractivity contribution < 1.29 is 18.4 Å². The minimum absolute atomic E-state index is 0.209. The maximum Gasteiger partial charge on any atom is 0.519 e. The third-order valence-corrected chi connectivity index (χ3v) is 4.09. The van der Waals surface area contributed by atoms with E-state index < -0.39 is 5.82 Å². The van der Waals surface area contributed by atoms with Crippen molar-refractivity contribution in [2.24, 2.45) is 5.92 Å². The van der Waals surface area contributed by atoms with Crippen molar-refractivity contribution in [2.75, 3.05) is 12.9 Å². The van der Waals surface area contributed by atoms with Gasteiger partial charge in [0, 0.05) is 11.3 Å². The van der Waals surface area contributed by atoms with Gasteiger partial charge in [-0.25, -0.2) is 4.79 Å². The van der Waals surface area contributed by atoms with Gasteiger partial charge < -0.3 is 13.6 Å². The van der Waals surface area contributed by atoms with Crippen molar-refractivity contribution in [3.8, 4) is 11.3 Å². The summed E-state index contributed by atoms with van der Waals surface area (Å²) in [5.74, 6) is 0.781. The van der Waals surface area contributed by atoms with Gasteiger partial charge in [0.1, 0.15) is 0 Å². The fraction of sp³-hybridized carbons (Fsp3) is 0.333. The normalized spacial score (nSPS) is 12.1. The minimum Gasteiger partial charge on any atom is -0.469 e. The molecule has 21 heavy (non-hydrogen) atoms. The molecule has 1 atom stereocenters. The van der Waals surface area contributed by atoms with Gasteiger partial charge in [-0.15, -0.1) is 0 Å². The van der Waals surface area contributed by atoms with E-state index in [-0.39, 0.29) is 11.9 Å². The van der Waals surface area contributed by atoms with E-state index in [0.29, 0.717) is 23.0 Å². The van der Waals surface area contributed by atoms with Crippen LogP contribution >= 0.6 is 11.8 Å². The summed E-state index contributed by atoms with van der Waals surface area (Å²) in [6.45, 7) is 1.79. The standard InChI is InChI=1S/C15H16O5S/c1-10(14(16)18-2)8-21-9-12-13(20-15(17)19-12)11-6-4-3-5-7-11/h3-7,10H,8-9H2,1-2H3. The van der Waals surface area contributed by atoms with Gasteiger partial charge in [-0.1, -0.05) is 37.3 Å². The van der Waals surface area contributed by atoms with Crippen molar-refractivity contribution in [1.29, 1.82) is 0 Å². The molecule has 2 rings (SSSR count). The molecular weight excluding hydrogens is 292 g/mol. The second kappa shape index (κ2) is 7.17. The van der Waals surface area contributed by atoms with Crippen LogP contribution in [0.2, 0.25) is 0 Å². The maximum absolute atomic E-state index is 11.3. The van der Waals surface area contributed by atoms with E-state index in [1.807, 2.05) is 30.3 Å². The molecule has 0 N–H and O–H groups in total. The van der Waals surface area contributed by atoms with E-state index in [1.54, 1.807) is 6.92 Å². The summed E-state index contributed by atoms with van der Waals surface area (Å²) in [7, 11) is 1.37. The molecule has 0 radical (unpaired) electrons.